The van der Waals surface area contributed by atoms with E-state index in [9.17, 15) is 4.79 Å². The third-order valence-electron chi connectivity index (χ3n) is 4.00. The Labute approximate surface area is 119 Å². The number of nitrogens with zero attached hydrogens (tertiary/aromatic N) is 3. The highest BCUT2D eigenvalue weighted by atomic mass is 16.5. The summed E-state index contributed by atoms with van der Waals surface area (Å²) >= 11 is 0. The highest BCUT2D eigenvalue weighted by Crippen LogP contribution is 2.22. The summed E-state index contributed by atoms with van der Waals surface area (Å²) in [6.07, 6.45) is 4.43. The quantitative estimate of drug-likeness (QED) is 0.874. The number of carbonyl (C=O) groups is 1. The van der Waals surface area contributed by atoms with Crippen LogP contribution in [0.3, 0.4) is 0 Å². The van der Waals surface area contributed by atoms with E-state index in [-0.39, 0.29) is 18.1 Å². The Bertz CT molecular complexity index is 472. The van der Waals surface area contributed by atoms with Crippen molar-refractivity contribution in [2.45, 2.75) is 38.3 Å². The fraction of sp³-hybridized carbons (Fsp3) is 0.714. The van der Waals surface area contributed by atoms with Crippen molar-refractivity contribution in [3.8, 4) is 0 Å². The van der Waals surface area contributed by atoms with Gasteiger partial charge in [0.1, 0.15) is 0 Å². The Hall–Kier alpha value is -1.40. The smallest absolute Gasteiger partial charge is 0.257 e. The third-order valence-corrected chi connectivity index (χ3v) is 4.00. The van der Waals surface area contributed by atoms with Gasteiger partial charge in [-0.2, -0.15) is 5.10 Å². The van der Waals surface area contributed by atoms with E-state index in [1.165, 1.54) is 0 Å². The first-order valence-electron chi connectivity index (χ1n) is 7.17. The molecule has 112 valence electrons. The highest BCUT2D eigenvalue weighted by Gasteiger charge is 2.32. The number of nitrogens with two attached hydrogens (primary N) is 1. The number of likely N-dealkylation sites (tertiary alicyclic amines) is 1. The molecule has 6 nitrogen and oxygen atoms in total. The predicted octanol–water partition coefficient (Wildman–Crippen LogP) is 0.561. The van der Waals surface area contributed by atoms with Gasteiger partial charge in [-0.1, -0.05) is 6.92 Å². The maximum absolute atomic E-state index is 12.7. The lowest BCUT2D eigenvalue weighted by Gasteiger charge is -2.38. The summed E-state index contributed by atoms with van der Waals surface area (Å²) in [4.78, 5) is 14.6. The van der Waals surface area contributed by atoms with E-state index in [1.807, 2.05) is 18.9 Å². The second-order valence-electron chi connectivity index (χ2n) is 5.29. The minimum absolute atomic E-state index is 0.0416. The van der Waals surface area contributed by atoms with Crippen molar-refractivity contribution in [2.75, 3.05) is 20.2 Å². The van der Waals surface area contributed by atoms with Gasteiger partial charge in [0.2, 0.25) is 0 Å². The van der Waals surface area contributed by atoms with Crippen LogP contribution in [-0.2, 0) is 18.2 Å². The van der Waals surface area contributed by atoms with E-state index in [0.717, 1.165) is 25.0 Å². The van der Waals surface area contributed by atoms with Gasteiger partial charge >= 0.3 is 0 Å². The molecule has 1 aromatic rings. The molecule has 0 bridgehead atoms. The van der Waals surface area contributed by atoms with Crippen LogP contribution in [0.2, 0.25) is 0 Å². The number of hydrogen-bond acceptors (Lipinski definition) is 4. The number of carbonyl (C=O) groups excluding carboxylic acids is 1. The molecule has 1 aromatic heterocycles. The Balaban J connectivity index is 2.19. The van der Waals surface area contributed by atoms with Crippen molar-refractivity contribution >= 4 is 5.91 Å². The molecule has 2 heterocycles. The van der Waals surface area contributed by atoms with Gasteiger partial charge in [-0.05, 0) is 19.3 Å². The van der Waals surface area contributed by atoms with E-state index in [2.05, 4.69) is 5.10 Å². The van der Waals surface area contributed by atoms with Gasteiger partial charge < -0.3 is 15.4 Å². The van der Waals surface area contributed by atoms with Crippen molar-refractivity contribution in [3.05, 3.63) is 17.5 Å². The van der Waals surface area contributed by atoms with E-state index in [4.69, 9.17) is 10.5 Å². The average Bonchev–Trinajstić information content (AvgIpc) is 2.86. The van der Waals surface area contributed by atoms with Crippen LogP contribution in [0, 0.1) is 0 Å². The fourth-order valence-corrected chi connectivity index (χ4v) is 2.85. The van der Waals surface area contributed by atoms with Gasteiger partial charge in [0.25, 0.3) is 5.91 Å². The number of rotatable bonds is 4. The Morgan fingerprint density at radius 3 is 2.95 bits per heavy atom. The van der Waals surface area contributed by atoms with E-state index >= 15 is 0 Å². The van der Waals surface area contributed by atoms with Crippen LogP contribution in [-0.4, -0.2) is 52.9 Å². The second kappa shape index (κ2) is 6.37. The molecule has 2 atom stereocenters. The summed E-state index contributed by atoms with van der Waals surface area (Å²) in [5.74, 6) is 0.0416. The van der Waals surface area contributed by atoms with Crippen LogP contribution in [0.15, 0.2) is 6.20 Å². The zero-order valence-corrected chi connectivity index (χ0v) is 12.5. The lowest BCUT2D eigenvalue weighted by atomic mass is 9.98. The number of piperidine rings is 1. The number of methoxy groups -OCH3 is 1. The van der Waals surface area contributed by atoms with Crippen LogP contribution >= 0.6 is 0 Å². The molecule has 2 N–H and O–H groups in total. The minimum Gasteiger partial charge on any atom is -0.381 e. The van der Waals surface area contributed by atoms with Crippen molar-refractivity contribution in [3.63, 3.8) is 0 Å². The summed E-state index contributed by atoms with van der Waals surface area (Å²) in [5, 5.41) is 4.34. The maximum Gasteiger partial charge on any atom is 0.257 e. The zero-order valence-electron chi connectivity index (χ0n) is 12.5. The van der Waals surface area contributed by atoms with E-state index in [0.29, 0.717) is 18.7 Å². The van der Waals surface area contributed by atoms with Crippen molar-refractivity contribution in [1.82, 2.24) is 14.7 Å². The lowest BCUT2D eigenvalue weighted by Crippen LogP contribution is -2.51. The molecule has 0 aromatic carbocycles. The molecule has 20 heavy (non-hydrogen) atoms. The van der Waals surface area contributed by atoms with Crippen LogP contribution < -0.4 is 5.73 Å². The van der Waals surface area contributed by atoms with Crippen LogP contribution in [0.5, 0.6) is 0 Å². The third kappa shape index (κ3) is 2.86. The number of hydrogen-bond donors (Lipinski definition) is 1. The molecule has 0 spiro atoms. The van der Waals surface area contributed by atoms with Crippen LogP contribution in [0.4, 0.5) is 0 Å². The summed E-state index contributed by atoms with van der Waals surface area (Å²) in [6.45, 7) is 3.17. The Morgan fingerprint density at radius 1 is 1.60 bits per heavy atom. The first-order valence-corrected chi connectivity index (χ1v) is 7.17. The van der Waals surface area contributed by atoms with Crippen molar-refractivity contribution in [2.24, 2.45) is 12.8 Å². The van der Waals surface area contributed by atoms with Gasteiger partial charge in [0, 0.05) is 39.5 Å². The summed E-state index contributed by atoms with van der Waals surface area (Å²) in [6, 6.07) is 0.0473. The lowest BCUT2D eigenvalue weighted by molar-refractivity contribution is 0.0138. The normalized spacial score (nSPS) is 23.1. The second-order valence-corrected chi connectivity index (χ2v) is 5.29. The largest absolute Gasteiger partial charge is 0.381 e. The summed E-state index contributed by atoms with van der Waals surface area (Å²) in [5.41, 5.74) is 7.38. The molecule has 1 saturated heterocycles. The zero-order chi connectivity index (χ0) is 14.7. The summed E-state index contributed by atoms with van der Waals surface area (Å²) < 4.78 is 7.10. The first kappa shape index (κ1) is 15.0. The molecule has 1 amide bonds. The molecule has 1 aliphatic heterocycles. The topological polar surface area (TPSA) is 73.4 Å². The number of aromatic nitrogens is 2. The SMILES string of the molecule is CCc1nn(C)cc1C(=O)N1CCC(OC)CC1CN. The van der Waals surface area contributed by atoms with Crippen molar-refractivity contribution < 1.29 is 9.53 Å². The minimum atomic E-state index is 0.0416. The number of ether oxygens (including phenoxy) is 1. The molecule has 0 saturated carbocycles. The molecule has 2 rings (SSSR count). The molecule has 1 fully saturated rings. The fourth-order valence-electron chi connectivity index (χ4n) is 2.85. The van der Waals surface area contributed by atoms with E-state index < -0.39 is 0 Å². The van der Waals surface area contributed by atoms with Gasteiger partial charge in [-0.25, -0.2) is 0 Å². The standard InChI is InChI=1S/C14H24N4O2/c1-4-13-12(9-17(2)16-13)14(19)18-6-5-11(20-3)7-10(18)8-15/h9-11H,4-8,15H2,1-3H3. The first-order chi connectivity index (χ1) is 9.60. The molecular weight excluding hydrogens is 256 g/mol. The Kier molecular flexibility index (Phi) is 4.77. The van der Waals surface area contributed by atoms with Crippen LogP contribution in [0.1, 0.15) is 35.8 Å². The molecular formula is C14H24N4O2. The molecule has 2 unspecified atom stereocenters. The van der Waals surface area contributed by atoms with Crippen molar-refractivity contribution in [1.29, 1.82) is 0 Å². The van der Waals surface area contributed by atoms with Gasteiger partial charge in [0.15, 0.2) is 0 Å². The van der Waals surface area contributed by atoms with Gasteiger partial charge in [-0.15, -0.1) is 0 Å². The van der Waals surface area contributed by atoms with Crippen LogP contribution in [0.25, 0.3) is 0 Å². The predicted molar refractivity (Wildman–Crippen MR) is 76.5 cm³/mol. The maximum atomic E-state index is 12.7. The monoisotopic (exact) mass is 280 g/mol. The van der Waals surface area contributed by atoms with Gasteiger partial charge in [0.05, 0.1) is 17.4 Å². The summed E-state index contributed by atoms with van der Waals surface area (Å²) in [7, 11) is 3.56. The molecule has 6 heteroatoms. The molecule has 0 aliphatic carbocycles. The molecule has 0 radical (unpaired) electrons. The number of amides is 1. The van der Waals surface area contributed by atoms with E-state index in [1.54, 1.807) is 18.0 Å². The number of aryl methyl sites for hydroxylation is 2. The average molecular weight is 280 g/mol. The Morgan fingerprint density at radius 2 is 2.35 bits per heavy atom. The molecule has 1 aliphatic rings. The highest BCUT2D eigenvalue weighted by molar-refractivity contribution is 5.95. The van der Waals surface area contributed by atoms with Gasteiger partial charge in [-0.3, -0.25) is 9.48 Å².